The SMILES string of the molecule is Cc1c[nH]c2c(C(C)O)c[c-]cc2c1=O.[Ac].[Y]. The maximum absolute atomic E-state index is 11.8. The van der Waals surface area contributed by atoms with Crippen LogP contribution in [0.4, 0.5) is 0 Å². The van der Waals surface area contributed by atoms with Gasteiger partial charge in [-0.25, -0.2) is 0 Å². The number of pyridine rings is 1. The Hall–Kier alpha value is 0.935. The fraction of sp³-hybridized carbons (Fsp3) is 0.250. The summed E-state index contributed by atoms with van der Waals surface area (Å²) in [5.74, 6) is 0. The van der Waals surface area contributed by atoms with E-state index >= 15 is 0 Å². The average molecular weight is 518 g/mol. The fourth-order valence-electron chi connectivity index (χ4n) is 1.64. The minimum absolute atomic E-state index is 0. The Morgan fingerprint density at radius 2 is 2.06 bits per heavy atom. The minimum atomic E-state index is -0.608. The molecule has 0 bridgehead atoms. The second-order valence-electron chi connectivity index (χ2n) is 3.68. The Morgan fingerprint density at radius 1 is 1.41 bits per heavy atom. The number of fused-ring (bicyclic) bond motifs is 1. The predicted molar refractivity (Wildman–Crippen MR) is 58.8 cm³/mol. The van der Waals surface area contributed by atoms with E-state index in [1.54, 1.807) is 32.2 Å². The van der Waals surface area contributed by atoms with Gasteiger partial charge in [-0.05, 0) is 13.8 Å². The molecule has 0 spiro atoms. The first-order valence-corrected chi connectivity index (χ1v) is 4.81. The monoisotopic (exact) mass is 518 g/mol. The Bertz CT molecular complexity index is 566. The van der Waals surface area contributed by atoms with Crippen LogP contribution in [0.15, 0.2) is 23.1 Å². The van der Waals surface area contributed by atoms with Gasteiger partial charge in [0.25, 0.3) is 0 Å². The summed E-state index contributed by atoms with van der Waals surface area (Å²) in [6, 6.07) is 6.21. The predicted octanol–water partition coefficient (Wildman–Crippen LogP) is 1.69. The normalized spacial score (nSPS) is 11.5. The molecule has 0 amide bonds. The molecule has 1 unspecified atom stereocenters. The Morgan fingerprint density at radius 3 is 2.65 bits per heavy atom. The maximum atomic E-state index is 11.8. The molecule has 0 fully saturated rings. The summed E-state index contributed by atoms with van der Waals surface area (Å²) < 4.78 is 0. The summed E-state index contributed by atoms with van der Waals surface area (Å²) in [6.45, 7) is 3.42. The third-order valence-electron chi connectivity index (χ3n) is 2.51. The summed E-state index contributed by atoms with van der Waals surface area (Å²) in [4.78, 5) is 14.8. The van der Waals surface area contributed by atoms with Crippen LogP contribution < -0.4 is 5.43 Å². The van der Waals surface area contributed by atoms with Gasteiger partial charge in [0.15, 0.2) is 0 Å². The zero-order valence-corrected chi connectivity index (χ0v) is 17.4. The number of benzene rings is 1. The van der Waals surface area contributed by atoms with Crippen LogP contribution in [0, 0.1) is 57.1 Å². The quantitative estimate of drug-likeness (QED) is 0.566. The molecule has 5 heteroatoms. The number of aliphatic hydroxyl groups is 1. The third kappa shape index (κ3) is 3.70. The molecule has 1 atom stereocenters. The second-order valence-corrected chi connectivity index (χ2v) is 3.68. The van der Waals surface area contributed by atoms with Gasteiger partial charge in [-0.2, -0.15) is 18.2 Å². The molecule has 0 aliphatic rings. The van der Waals surface area contributed by atoms with Crippen molar-refractivity contribution in [3.8, 4) is 0 Å². The molecule has 1 aromatic carbocycles. The van der Waals surface area contributed by atoms with E-state index in [4.69, 9.17) is 0 Å². The topological polar surface area (TPSA) is 53.1 Å². The van der Waals surface area contributed by atoms with Gasteiger partial charge < -0.3 is 14.9 Å². The standard InChI is InChI=1S/C12H12NO2.Ac.Y/c1-7-6-13-11-9(8(2)14)4-3-5-10(11)12(7)15;;/h4-6,8,14H,1-2H3,(H,13,15);;/q-1;;. The molecule has 0 saturated heterocycles. The molecule has 2 N–H and O–H groups in total. The number of hydrogen-bond donors (Lipinski definition) is 2. The number of H-pyrrole nitrogens is 1. The van der Waals surface area contributed by atoms with Crippen molar-refractivity contribution in [2.75, 3.05) is 0 Å². The molecule has 2 rings (SSSR count). The first-order chi connectivity index (χ1) is 7.11. The molecule has 1 heterocycles. The summed E-state index contributed by atoms with van der Waals surface area (Å²) in [5, 5.41) is 10.1. The molecule has 1 aromatic heterocycles. The van der Waals surface area contributed by atoms with E-state index in [1.165, 1.54) is 0 Å². The first-order valence-electron chi connectivity index (χ1n) is 4.81. The Balaban J connectivity index is 0.00000128. The molecular formula is C12H12AcNO2Y-. The van der Waals surface area contributed by atoms with E-state index in [9.17, 15) is 9.90 Å². The second kappa shape index (κ2) is 7.51. The van der Waals surface area contributed by atoms with Gasteiger partial charge in [-0.3, -0.25) is 0 Å². The average Bonchev–Trinajstić information content (AvgIpc) is 2.23. The van der Waals surface area contributed by atoms with Crippen LogP contribution in [0.2, 0.25) is 0 Å². The molecule has 2 radical (unpaired) electrons. The van der Waals surface area contributed by atoms with Crippen LogP contribution in [0.1, 0.15) is 24.2 Å². The molecule has 3 nitrogen and oxygen atoms in total. The number of aromatic amines is 1. The number of nitrogens with one attached hydrogen (secondary N) is 1. The van der Waals surface area contributed by atoms with Crippen molar-refractivity contribution in [1.29, 1.82) is 0 Å². The van der Waals surface area contributed by atoms with Crippen molar-refractivity contribution < 1.29 is 81.9 Å². The zero-order chi connectivity index (χ0) is 11.0. The van der Waals surface area contributed by atoms with Crippen LogP contribution in [0.5, 0.6) is 0 Å². The number of aromatic nitrogens is 1. The molecule has 2 aromatic rings. The van der Waals surface area contributed by atoms with Crippen LogP contribution >= 0.6 is 0 Å². The van der Waals surface area contributed by atoms with E-state index in [2.05, 4.69) is 11.1 Å². The van der Waals surface area contributed by atoms with E-state index in [0.29, 0.717) is 22.0 Å². The van der Waals surface area contributed by atoms with Gasteiger partial charge in [-0.1, -0.05) is 10.9 Å². The number of aliphatic hydroxyl groups excluding tert-OH is 1. The molecular weight excluding hydrogens is 506 g/mol. The first kappa shape index (κ1) is 17.9. The van der Waals surface area contributed by atoms with E-state index in [1.807, 2.05) is 0 Å². The van der Waals surface area contributed by atoms with Crippen molar-refractivity contribution in [2.24, 2.45) is 0 Å². The minimum Gasteiger partial charge on any atom is -0.401 e. The van der Waals surface area contributed by atoms with E-state index in [-0.39, 0.29) is 82.2 Å². The van der Waals surface area contributed by atoms with Crippen molar-refractivity contribution >= 4 is 10.9 Å². The van der Waals surface area contributed by atoms with E-state index in [0.717, 1.165) is 0 Å². The maximum Gasteiger partial charge on any atom is 0.137 e. The zero-order valence-electron chi connectivity index (χ0n) is 9.82. The largest absolute Gasteiger partial charge is 0.401 e. The van der Waals surface area contributed by atoms with Crippen LogP contribution in [0.3, 0.4) is 0 Å². The molecule has 0 aliphatic carbocycles. The fourth-order valence-corrected chi connectivity index (χ4v) is 1.64. The van der Waals surface area contributed by atoms with Crippen LogP contribution in [-0.4, -0.2) is 10.1 Å². The van der Waals surface area contributed by atoms with Gasteiger partial charge in [0, 0.05) is 94.6 Å². The number of rotatable bonds is 1. The van der Waals surface area contributed by atoms with Gasteiger partial charge >= 0.3 is 0 Å². The van der Waals surface area contributed by atoms with Crippen molar-refractivity contribution in [2.45, 2.75) is 20.0 Å². The van der Waals surface area contributed by atoms with Crippen molar-refractivity contribution in [3.05, 3.63) is 45.7 Å². The van der Waals surface area contributed by atoms with Crippen molar-refractivity contribution in [1.82, 2.24) is 4.98 Å². The third-order valence-corrected chi connectivity index (χ3v) is 2.51. The van der Waals surface area contributed by atoms with Gasteiger partial charge in [0.1, 0.15) is 5.43 Å². The summed E-state index contributed by atoms with van der Waals surface area (Å²) in [7, 11) is 0. The Kier molecular flexibility index (Phi) is 7.92. The van der Waals surface area contributed by atoms with E-state index < -0.39 is 6.10 Å². The molecule has 0 saturated carbocycles. The Labute approximate surface area is 161 Å². The molecule has 84 valence electrons. The summed E-state index contributed by atoms with van der Waals surface area (Å²) in [6.07, 6.45) is 1.06. The van der Waals surface area contributed by atoms with Crippen molar-refractivity contribution in [3.63, 3.8) is 0 Å². The number of aryl methyl sites for hydroxylation is 1. The van der Waals surface area contributed by atoms with Crippen LogP contribution in [-0.2, 0) is 32.7 Å². The smallest absolute Gasteiger partial charge is 0.137 e. The van der Waals surface area contributed by atoms with Crippen LogP contribution in [0.25, 0.3) is 10.9 Å². The summed E-state index contributed by atoms with van der Waals surface area (Å²) in [5.41, 5.74) is 2.05. The van der Waals surface area contributed by atoms with Gasteiger partial charge in [0.05, 0.1) is 0 Å². The molecule has 0 aliphatic heterocycles. The molecule has 17 heavy (non-hydrogen) atoms. The summed E-state index contributed by atoms with van der Waals surface area (Å²) >= 11 is 0. The van der Waals surface area contributed by atoms with Gasteiger partial charge in [0.2, 0.25) is 0 Å². The van der Waals surface area contributed by atoms with Gasteiger partial charge in [-0.15, -0.1) is 5.56 Å². The number of hydrogen-bond acceptors (Lipinski definition) is 2.